The van der Waals surface area contributed by atoms with Gasteiger partial charge in [-0.1, -0.05) is 44.8 Å². The van der Waals surface area contributed by atoms with Crippen molar-refractivity contribution in [2.45, 2.75) is 0 Å². The van der Waals surface area contributed by atoms with E-state index in [0.29, 0.717) is 10.7 Å². The van der Waals surface area contributed by atoms with Gasteiger partial charge in [0, 0.05) is 10.0 Å². The summed E-state index contributed by atoms with van der Waals surface area (Å²) in [6, 6.07) is 7.71. The Balaban J connectivity index is 2.47. The Hall–Kier alpha value is -0.800. The molecule has 2 nitrogen and oxygen atoms in total. The normalized spacial score (nSPS) is 10.3. The van der Waals surface area contributed by atoms with Crippen LogP contribution in [0.1, 0.15) is 0 Å². The molecule has 0 aliphatic rings. The second-order valence-electron chi connectivity index (χ2n) is 2.52. The Labute approximate surface area is 88.6 Å². The molecule has 0 spiro atoms. The maximum atomic E-state index is 5.85. The molecular weight excluding hydrogens is 253 g/mol. The highest BCUT2D eigenvalue weighted by Gasteiger charge is 2.06. The largest absolute Gasteiger partial charge is 0.363 e. The minimum absolute atomic E-state index is 0.530. The van der Waals surface area contributed by atoms with Gasteiger partial charge in [-0.05, 0) is 12.1 Å². The molecule has 0 amide bonds. The van der Waals surface area contributed by atoms with Gasteiger partial charge in [0.05, 0.1) is 0 Å². The van der Waals surface area contributed by atoms with Crippen LogP contribution in [0.5, 0.6) is 0 Å². The van der Waals surface area contributed by atoms with Gasteiger partial charge in [-0.25, -0.2) is 0 Å². The lowest BCUT2D eigenvalue weighted by molar-refractivity contribution is 0.422. The third-order valence-corrected chi connectivity index (χ3v) is 2.44. The van der Waals surface area contributed by atoms with E-state index in [1.165, 1.54) is 6.26 Å². The molecule has 0 N–H and O–H groups in total. The van der Waals surface area contributed by atoms with E-state index in [1.807, 2.05) is 24.3 Å². The van der Waals surface area contributed by atoms with Crippen molar-refractivity contribution in [2.75, 3.05) is 0 Å². The van der Waals surface area contributed by atoms with E-state index in [9.17, 15) is 0 Å². The van der Waals surface area contributed by atoms with Gasteiger partial charge in [0.25, 0.3) is 0 Å². The van der Waals surface area contributed by atoms with Gasteiger partial charge in [0.2, 0.25) is 0 Å². The Bertz CT molecular complexity index is 410. The predicted octanol–water partition coefficient (Wildman–Crippen LogP) is 3.76. The van der Waals surface area contributed by atoms with Crippen molar-refractivity contribution in [1.82, 2.24) is 5.16 Å². The minimum atomic E-state index is 0.530. The molecule has 0 aliphatic heterocycles. The van der Waals surface area contributed by atoms with Crippen molar-refractivity contribution in [3.63, 3.8) is 0 Å². The third-order valence-electron chi connectivity index (χ3n) is 1.64. The van der Waals surface area contributed by atoms with E-state index in [4.69, 9.17) is 16.1 Å². The van der Waals surface area contributed by atoms with Gasteiger partial charge in [0.15, 0.2) is 0 Å². The van der Waals surface area contributed by atoms with E-state index < -0.39 is 0 Å². The average Bonchev–Trinajstić information content (AvgIpc) is 2.53. The maximum absolute atomic E-state index is 5.85. The van der Waals surface area contributed by atoms with E-state index in [0.717, 1.165) is 10.0 Å². The lowest BCUT2D eigenvalue weighted by Crippen LogP contribution is -1.76. The van der Waals surface area contributed by atoms with Gasteiger partial charge in [0.1, 0.15) is 17.0 Å². The lowest BCUT2D eigenvalue weighted by Gasteiger charge is -1.95. The first-order valence-corrected chi connectivity index (χ1v) is 4.80. The van der Waals surface area contributed by atoms with Gasteiger partial charge >= 0.3 is 0 Å². The van der Waals surface area contributed by atoms with Gasteiger partial charge in [-0.3, -0.25) is 0 Å². The highest BCUT2D eigenvalue weighted by Crippen LogP contribution is 2.26. The Morgan fingerprint density at radius 1 is 1.23 bits per heavy atom. The quantitative estimate of drug-likeness (QED) is 0.778. The van der Waals surface area contributed by atoms with Crippen LogP contribution in [0.3, 0.4) is 0 Å². The molecule has 4 heteroatoms. The number of aromatic nitrogens is 1. The van der Waals surface area contributed by atoms with Crippen LogP contribution in [0.15, 0.2) is 39.5 Å². The molecule has 0 atom stereocenters. The molecular formula is C9H5BrClNO. The summed E-state index contributed by atoms with van der Waals surface area (Å²) >= 11 is 9.20. The molecule has 0 saturated carbocycles. The van der Waals surface area contributed by atoms with Crippen LogP contribution >= 0.6 is 27.5 Å². The number of nitrogens with zero attached hydrogens (tertiary/aromatic N) is 1. The van der Waals surface area contributed by atoms with Gasteiger partial charge in [-0.15, -0.1) is 0 Å². The summed E-state index contributed by atoms with van der Waals surface area (Å²) in [5.41, 5.74) is 1.62. The summed E-state index contributed by atoms with van der Waals surface area (Å²) in [6.07, 6.45) is 1.42. The minimum Gasteiger partial charge on any atom is -0.363 e. The van der Waals surface area contributed by atoms with E-state index in [1.54, 1.807) is 0 Å². The smallest absolute Gasteiger partial charge is 0.143 e. The van der Waals surface area contributed by atoms with Gasteiger partial charge < -0.3 is 4.52 Å². The lowest BCUT2D eigenvalue weighted by atomic mass is 10.2. The van der Waals surface area contributed by atoms with Crippen molar-refractivity contribution in [2.24, 2.45) is 0 Å². The first-order chi connectivity index (χ1) is 6.27. The summed E-state index contributed by atoms with van der Waals surface area (Å²) in [5.74, 6) is 0. The molecule has 0 radical (unpaired) electrons. The molecule has 0 unspecified atom stereocenters. The Morgan fingerprint density at radius 2 is 1.92 bits per heavy atom. The molecule has 0 aliphatic carbocycles. The molecule has 1 heterocycles. The van der Waals surface area contributed by atoms with E-state index in [2.05, 4.69) is 21.1 Å². The van der Waals surface area contributed by atoms with Crippen LogP contribution in [0.25, 0.3) is 11.3 Å². The zero-order valence-corrected chi connectivity index (χ0v) is 8.84. The van der Waals surface area contributed by atoms with Crippen LogP contribution in [0.2, 0.25) is 5.02 Å². The van der Waals surface area contributed by atoms with E-state index in [-0.39, 0.29) is 0 Å². The number of hydrogen-bond acceptors (Lipinski definition) is 2. The topological polar surface area (TPSA) is 26.0 Å². The fourth-order valence-corrected chi connectivity index (χ4v) is 1.47. The maximum Gasteiger partial charge on any atom is 0.143 e. The predicted molar refractivity (Wildman–Crippen MR) is 54.6 cm³/mol. The third kappa shape index (κ3) is 1.76. The van der Waals surface area contributed by atoms with Crippen LogP contribution < -0.4 is 0 Å². The average molecular weight is 259 g/mol. The zero-order chi connectivity index (χ0) is 9.26. The Kier molecular flexibility index (Phi) is 2.38. The second-order valence-corrected chi connectivity index (χ2v) is 3.84. The summed E-state index contributed by atoms with van der Waals surface area (Å²) in [6.45, 7) is 0. The van der Waals surface area contributed by atoms with Crippen molar-refractivity contribution >= 4 is 27.5 Å². The van der Waals surface area contributed by atoms with Crippen LogP contribution in [0, 0.1) is 0 Å². The monoisotopic (exact) mass is 257 g/mol. The standard InChI is InChI=1S/C9H5BrClNO/c10-7-3-1-6(2-4-7)9-8(11)5-13-12-9/h1-5H. The molecule has 66 valence electrons. The summed E-state index contributed by atoms with van der Waals surface area (Å²) in [4.78, 5) is 0. The van der Waals surface area contributed by atoms with Crippen molar-refractivity contribution in [1.29, 1.82) is 0 Å². The van der Waals surface area contributed by atoms with Crippen molar-refractivity contribution in [3.05, 3.63) is 40.0 Å². The van der Waals surface area contributed by atoms with Crippen LogP contribution in [-0.2, 0) is 0 Å². The zero-order valence-electron chi connectivity index (χ0n) is 6.50. The number of benzene rings is 1. The fraction of sp³-hybridized carbons (Fsp3) is 0. The number of rotatable bonds is 1. The van der Waals surface area contributed by atoms with Crippen LogP contribution in [0.4, 0.5) is 0 Å². The molecule has 1 aromatic carbocycles. The molecule has 2 aromatic rings. The molecule has 0 saturated heterocycles. The first-order valence-electron chi connectivity index (χ1n) is 3.63. The number of hydrogen-bond donors (Lipinski definition) is 0. The highest BCUT2D eigenvalue weighted by atomic mass is 79.9. The fourth-order valence-electron chi connectivity index (χ4n) is 1.02. The van der Waals surface area contributed by atoms with E-state index >= 15 is 0 Å². The SMILES string of the molecule is Clc1conc1-c1ccc(Br)cc1. The highest BCUT2D eigenvalue weighted by molar-refractivity contribution is 9.10. The van der Waals surface area contributed by atoms with Crippen molar-refractivity contribution in [3.8, 4) is 11.3 Å². The number of halogens is 2. The summed E-state index contributed by atoms with van der Waals surface area (Å²) in [5, 5.41) is 4.32. The molecule has 2 rings (SSSR count). The van der Waals surface area contributed by atoms with Crippen LogP contribution in [-0.4, -0.2) is 5.16 Å². The van der Waals surface area contributed by atoms with Gasteiger partial charge in [-0.2, -0.15) is 0 Å². The Morgan fingerprint density at radius 3 is 2.46 bits per heavy atom. The molecule has 0 bridgehead atoms. The molecule has 1 aromatic heterocycles. The molecule has 0 fully saturated rings. The summed E-state index contributed by atoms with van der Waals surface area (Å²) in [7, 11) is 0. The second kappa shape index (κ2) is 3.52. The van der Waals surface area contributed by atoms with Crippen molar-refractivity contribution < 1.29 is 4.52 Å². The molecule has 13 heavy (non-hydrogen) atoms. The first kappa shape index (κ1) is 8.78. The summed E-state index contributed by atoms with van der Waals surface area (Å²) < 4.78 is 5.76.